The molecule has 0 aromatic rings. The molecule has 0 radical (unpaired) electrons. The molecule has 2 nitrogen and oxygen atoms in total. The third kappa shape index (κ3) is 2.34. The highest BCUT2D eigenvalue weighted by molar-refractivity contribution is 6.77. The summed E-state index contributed by atoms with van der Waals surface area (Å²) >= 11 is 0. The number of rotatable bonds is 5. The first-order chi connectivity index (χ1) is 7.87. The van der Waals surface area contributed by atoms with Gasteiger partial charge in [-0.15, -0.1) is 0 Å². The Morgan fingerprint density at radius 3 is 1.65 bits per heavy atom. The first kappa shape index (κ1) is 13.6. The van der Waals surface area contributed by atoms with Crippen molar-refractivity contribution in [3.05, 3.63) is 0 Å². The standard InChI is InChI=1S/C14H28O2Si/c1-9(2)17(10(3)4,11(5)6)16-12-7-13-14(8-12)15-13/h9-14H,7-8H2,1-6H3/t12?,13-,14+. The smallest absolute Gasteiger partial charge is 0.200 e. The van der Waals surface area contributed by atoms with E-state index < -0.39 is 8.32 Å². The maximum atomic E-state index is 6.74. The molecule has 1 aliphatic carbocycles. The molecule has 17 heavy (non-hydrogen) atoms. The molecule has 0 spiro atoms. The third-order valence-corrected chi connectivity index (χ3v) is 10.9. The van der Waals surface area contributed by atoms with Crippen LogP contribution in [0.5, 0.6) is 0 Å². The lowest BCUT2D eigenvalue weighted by Gasteiger charge is -2.44. The van der Waals surface area contributed by atoms with Crippen LogP contribution in [0.3, 0.4) is 0 Å². The summed E-state index contributed by atoms with van der Waals surface area (Å²) in [5.74, 6) is 0. The summed E-state index contributed by atoms with van der Waals surface area (Å²) in [6, 6.07) is 0. The van der Waals surface area contributed by atoms with Gasteiger partial charge in [-0.05, 0) is 16.6 Å². The van der Waals surface area contributed by atoms with Gasteiger partial charge in [0.05, 0.1) is 18.3 Å². The van der Waals surface area contributed by atoms with Crippen LogP contribution in [0, 0.1) is 0 Å². The molecule has 1 saturated heterocycles. The Balaban J connectivity index is 2.08. The van der Waals surface area contributed by atoms with E-state index in [1.807, 2.05) is 0 Å². The summed E-state index contributed by atoms with van der Waals surface area (Å²) in [5, 5.41) is 0. The van der Waals surface area contributed by atoms with E-state index in [1.165, 1.54) is 0 Å². The predicted octanol–water partition coefficient (Wildman–Crippen LogP) is 4.11. The fourth-order valence-electron chi connectivity index (χ4n) is 4.00. The van der Waals surface area contributed by atoms with E-state index in [4.69, 9.17) is 9.16 Å². The lowest BCUT2D eigenvalue weighted by Crippen LogP contribution is -2.50. The molecule has 2 rings (SSSR count). The fourth-order valence-corrected chi connectivity index (χ4v) is 9.59. The molecule has 0 aromatic heterocycles. The predicted molar refractivity (Wildman–Crippen MR) is 73.8 cm³/mol. The SMILES string of the molecule is CC(C)[Si](OC1C[C@@H]2O[C@@H]2C1)(C(C)C)C(C)C. The number of hydrogen-bond acceptors (Lipinski definition) is 2. The van der Waals surface area contributed by atoms with Crippen molar-refractivity contribution in [2.75, 3.05) is 0 Å². The Hall–Kier alpha value is 0.137. The topological polar surface area (TPSA) is 21.8 Å². The van der Waals surface area contributed by atoms with Crippen LogP contribution in [0.1, 0.15) is 54.4 Å². The summed E-state index contributed by atoms with van der Waals surface area (Å²) in [6.07, 6.45) is 3.85. The molecular weight excluding hydrogens is 228 g/mol. The monoisotopic (exact) mass is 256 g/mol. The van der Waals surface area contributed by atoms with Crippen molar-refractivity contribution < 1.29 is 9.16 Å². The van der Waals surface area contributed by atoms with E-state index in [1.54, 1.807) is 0 Å². The van der Waals surface area contributed by atoms with Crippen LogP contribution in [-0.4, -0.2) is 26.6 Å². The van der Waals surface area contributed by atoms with E-state index >= 15 is 0 Å². The Bertz CT molecular complexity index is 244. The largest absolute Gasteiger partial charge is 0.413 e. The maximum absolute atomic E-state index is 6.74. The minimum atomic E-state index is -1.66. The van der Waals surface area contributed by atoms with Crippen LogP contribution in [0.15, 0.2) is 0 Å². The molecule has 3 atom stereocenters. The average molecular weight is 256 g/mol. The van der Waals surface area contributed by atoms with Crippen molar-refractivity contribution >= 4 is 8.32 Å². The van der Waals surface area contributed by atoms with Crippen LogP contribution in [0.4, 0.5) is 0 Å². The van der Waals surface area contributed by atoms with Crippen LogP contribution in [0.25, 0.3) is 0 Å². The second kappa shape index (κ2) is 4.67. The summed E-state index contributed by atoms with van der Waals surface area (Å²) in [7, 11) is -1.66. The van der Waals surface area contributed by atoms with E-state index in [-0.39, 0.29) is 0 Å². The normalized spacial score (nSPS) is 32.6. The second-order valence-corrected chi connectivity index (χ2v) is 12.1. The molecule has 100 valence electrons. The minimum Gasteiger partial charge on any atom is -0.413 e. The lowest BCUT2D eigenvalue weighted by atomic mass is 10.3. The summed E-state index contributed by atoms with van der Waals surface area (Å²) in [5.41, 5.74) is 2.08. The quantitative estimate of drug-likeness (QED) is 0.545. The van der Waals surface area contributed by atoms with Gasteiger partial charge in [0.25, 0.3) is 0 Å². The zero-order chi connectivity index (χ0) is 12.8. The van der Waals surface area contributed by atoms with Crippen molar-refractivity contribution in [2.24, 2.45) is 0 Å². The molecule has 1 unspecified atom stereocenters. The Morgan fingerprint density at radius 2 is 1.29 bits per heavy atom. The molecule has 1 saturated carbocycles. The highest BCUT2D eigenvalue weighted by Gasteiger charge is 2.53. The number of fused-ring (bicyclic) bond motifs is 1. The van der Waals surface area contributed by atoms with Crippen molar-refractivity contribution in [3.8, 4) is 0 Å². The molecule has 2 aliphatic rings. The van der Waals surface area contributed by atoms with Gasteiger partial charge >= 0.3 is 0 Å². The molecule has 1 aliphatic heterocycles. The van der Waals surface area contributed by atoms with Gasteiger partial charge in [0.1, 0.15) is 0 Å². The molecular formula is C14H28O2Si. The lowest BCUT2D eigenvalue weighted by molar-refractivity contribution is 0.130. The van der Waals surface area contributed by atoms with Gasteiger partial charge in [0, 0.05) is 12.8 Å². The summed E-state index contributed by atoms with van der Waals surface area (Å²) in [6.45, 7) is 14.2. The van der Waals surface area contributed by atoms with Crippen LogP contribution < -0.4 is 0 Å². The van der Waals surface area contributed by atoms with E-state index in [0.29, 0.717) is 34.9 Å². The van der Waals surface area contributed by atoms with Gasteiger partial charge in [0.15, 0.2) is 0 Å². The number of ether oxygens (including phenoxy) is 1. The number of epoxide rings is 1. The van der Waals surface area contributed by atoms with E-state index in [0.717, 1.165) is 12.8 Å². The highest BCUT2D eigenvalue weighted by Crippen LogP contribution is 2.47. The zero-order valence-electron chi connectivity index (χ0n) is 12.2. The van der Waals surface area contributed by atoms with Crippen molar-refractivity contribution in [1.29, 1.82) is 0 Å². The van der Waals surface area contributed by atoms with Gasteiger partial charge in [-0.3, -0.25) is 0 Å². The van der Waals surface area contributed by atoms with Gasteiger partial charge in [-0.25, -0.2) is 0 Å². The molecule has 0 amide bonds. The number of hydrogen-bond donors (Lipinski definition) is 0. The molecule has 1 heterocycles. The molecule has 0 N–H and O–H groups in total. The van der Waals surface area contributed by atoms with Crippen molar-refractivity contribution in [2.45, 2.75) is 89.3 Å². The first-order valence-electron chi connectivity index (χ1n) is 7.21. The molecule has 0 aromatic carbocycles. The zero-order valence-corrected chi connectivity index (χ0v) is 13.2. The van der Waals surface area contributed by atoms with Crippen LogP contribution in [-0.2, 0) is 9.16 Å². The van der Waals surface area contributed by atoms with E-state index in [2.05, 4.69) is 41.5 Å². The second-order valence-electron chi connectivity index (χ2n) is 6.74. The maximum Gasteiger partial charge on any atom is 0.200 e. The Labute approximate surface area is 107 Å². The van der Waals surface area contributed by atoms with Crippen molar-refractivity contribution in [3.63, 3.8) is 0 Å². The van der Waals surface area contributed by atoms with Gasteiger partial charge in [-0.1, -0.05) is 41.5 Å². The van der Waals surface area contributed by atoms with Crippen LogP contribution >= 0.6 is 0 Å². The van der Waals surface area contributed by atoms with E-state index in [9.17, 15) is 0 Å². The molecule has 3 heteroatoms. The van der Waals surface area contributed by atoms with Gasteiger partial charge in [0.2, 0.25) is 8.32 Å². The fraction of sp³-hybridized carbons (Fsp3) is 1.00. The Kier molecular flexibility index (Phi) is 3.73. The van der Waals surface area contributed by atoms with Crippen LogP contribution in [0.2, 0.25) is 16.6 Å². The van der Waals surface area contributed by atoms with Gasteiger partial charge in [-0.2, -0.15) is 0 Å². The summed E-state index contributed by atoms with van der Waals surface area (Å²) < 4.78 is 12.3. The molecule has 0 bridgehead atoms. The van der Waals surface area contributed by atoms with Crippen molar-refractivity contribution in [1.82, 2.24) is 0 Å². The first-order valence-corrected chi connectivity index (χ1v) is 9.35. The molecule has 2 fully saturated rings. The third-order valence-electron chi connectivity index (χ3n) is 4.76. The highest BCUT2D eigenvalue weighted by atomic mass is 28.4. The summed E-state index contributed by atoms with van der Waals surface area (Å²) in [4.78, 5) is 0. The van der Waals surface area contributed by atoms with Gasteiger partial charge < -0.3 is 9.16 Å². The Morgan fingerprint density at radius 1 is 0.882 bits per heavy atom. The average Bonchev–Trinajstić information content (AvgIpc) is 2.81. The minimum absolute atomic E-state index is 0.484.